The summed E-state index contributed by atoms with van der Waals surface area (Å²) in [6.07, 6.45) is 8.57. The lowest BCUT2D eigenvalue weighted by molar-refractivity contribution is -0.117. The maximum atomic E-state index is 14.0. The number of hydrogen-bond acceptors (Lipinski definition) is 11. The van der Waals surface area contributed by atoms with Crippen LogP contribution in [0.4, 0.5) is 22.7 Å². The molecule has 314 valence electrons. The van der Waals surface area contributed by atoms with Crippen LogP contribution in [0.3, 0.4) is 0 Å². The molecule has 16 N–H and O–H groups in total. The molecule has 0 spiro atoms. The fourth-order valence-electron chi connectivity index (χ4n) is 5.18. The van der Waals surface area contributed by atoms with Crippen molar-refractivity contribution in [1.82, 2.24) is 0 Å². The van der Waals surface area contributed by atoms with Gasteiger partial charge >= 0.3 is 0 Å². The summed E-state index contributed by atoms with van der Waals surface area (Å²) in [5.41, 5.74) is 34.6. The minimum atomic E-state index is -0.649. The van der Waals surface area contributed by atoms with E-state index in [1.165, 1.54) is 29.6 Å². The molecule has 17 nitrogen and oxygen atoms in total. The number of nitrogens with two attached hydrogens (primary N) is 6. The highest BCUT2D eigenvalue weighted by Gasteiger charge is 2.21. The lowest BCUT2D eigenvalue weighted by Gasteiger charge is -2.18. The van der Waals surface area contributed by atoms with Crippen molar-refractivity contribution in [3.05, 3.63) is 57.7 Å². The predicted molar refractivity (Wildman–Crippen MR) is 240 cm³/mol. The molecule has 1 aliphatic heterocycles. The summed E-state index contributed by atoms with van der Waals surface area (Å²) in [6.45, 7) is 1.45. The molecule has 2 aromatic carbocycles. The quantitative estimate of drug-likeness (QED) is 0.0346. The third kappa shape index (κ3) is 17.0. The molecule has 0 saturated heterocycles. The molecule has 3 rings (SSSR count). The number of unbranched alkanes of at least 4 members (excludes halogenated alkanes) is 2. The first-order valence-electron chi connectivity index (χ1n) is 18.4. The van der Waals surface area contributed by atoms with Crippen molar-refractivity contribution in [3.8, 4) is 0 Å². The van der Waals surface area contributed by atoms with Crippen LogP contribution >= 0.6 is 46.7 Å². The molecule has 0 atom stereocenters. The van der Waals surface area contributed by atoms with Gasteiger partial charge in [0.2, 0.25) is 11.8 Å². The van der Waals surface area contributed by atoms with Crippen LogP contribution in [0.1, 0.15) is 51.4 Å². The van der Waals surface area contributed by atoms with Gasteiger partial charge in [-0.25, -0.2) is 0 Å². The number of nitrogens with one attached hydrogen (secondary N) is 4. The van der Waals surface area contributed by atoms with Gasteiger partial charge < -0.3 is 55.7 Å². The molecule has 0 fully saturated rings. The van der Waals surface area contributed by atoms with Gasteiger partial charge in [0.1, 0.15) is 5.70 Å². The van der Waals surface area contributed by atoms with E-state index in [2.05, 4.69) is 36.2 Å². The molecule has 1 aliphatic rings. The molecule has 0 unspecified atom stereocenters. The summed E-state index contributed by atoms with van der Waals surface area (Å²) in [6, 6.07) is 6.28. The SMILES string of the molecule is NCCCCC(=O)Nc1cc(Cl)cc(NC(=O)C2=CCCC=NC(C(=O)Nc3cc(Cl)cc(NC(=O)CCCCN)c3SCCN=C(N)N)=C2)c1SCCN=C(N)N. The van der Waals surface area contributed by atoms with E-state index in [1.54, 1.807) is 36.6 Å². The fourth-order valence-corrected chi connectivity index (χ4v) is 7.45. The molecular weight excluding hydrogens is 826 g/mol. The van der Waals surface area contributed by atoms with E-state index in [0.717, 1.165) is 0 Å². The van der Waals surface area contributed by atoms with Crippen LogP contribution in [0.15, 0.2) is 72.5 Å². The second-order valence-corrected chi connectivity index (χ2v) is 15.6. The minimum Gasteiger partial charge on any atom is -0.370 e. The Bertz CT molecular complexity index is 1930. The lowest BCUT2D eigenvalue weighted by Crippen LogP contribution is -2.23. The third-order valence-electron chi connectivity index (χ3n) is 7.81. The zero-order chi connectivity index (χ0) is 42.5. The van der Waals surface area contributed by atoms with E-state index < -0.39 is 11.8 Å². The first-order chi connectivity index (χ1) is 27.8. The van der Waals surface area contributed by atoms with Gasteiger partial charge in [-0.05, 0) is 82.0 Å². The van der Waals surface area contributed by atoms with Crippen LogP contribution in [0.2, 0.25) is 10.0 Å². The molecule has 0 bridgehead atoms. The summed E-state index contributed by atoms with van der Waals surface area (Å²) >= 11 is 15.6. The monoisotopic (exact) mass is 875 g/mol. The van der Waals surface area contributed by atoms with Crippen molar-refractivity contribution >= 4 is 111 Å². The molecule has 2 aromatic rings. The van der Waals surface area contributed by atoms with Gasteiger partial charge in [-0.3, -0.25) is 34.2 Å². The van der Waals surface area contributed by atoms with E-state index in [-0.39, 0.29) is 76.7 Å². The topological polar surface area (TPSA) is 310 Å². The number of halogens is 2. The fraction of sp³-hybridized carbons (Fsp3) is 0.378. The number of rotatable bonds is 22. The van der Waals surface area contributed by atoms with E-state index >= 15 is 0 Å². The van der Waals surface area contributed by atoms with Crippen molar-refractivity contribution in [2.45, 2.75) is 61.2 Å². The van der Waals surface area contributed by atoms with Crippen molar-refractivity contribution in [2.75, 3.05) is 59.0 Å². The number of thioether (sulfide) groups is 2. The molecule has 0 saturated carbocycles. The number of aliphatic imine (C=N–C) groups is 3. The Morgan fingerprint density at radius 3 is 1.55 bits per heavy atom. The number of hydrogen-bond donors (Lipinski definition) is 10. The number of nitrogens with zero attached hydrogens (tertiary/aromatic N) is 3. The van der Waals surface area contributed by atoms with E-state index in [9.17, 15) is 19.2 Å². The molecule has 0 radical (unpaired) electrons. The normalized spacial score (nSPS) is 12.3. The smallest absolute Gasteiger partial charge is 0.274 e. The Hall–Kier alpha value is -4.79. The van der Waals surface area contributed by atoms with E-state index in [1.807, 2.05) is 0 Å². The molecular formula is C37H51Cl2N13O4S2. The van der Waals surface area contributed by atoms with Crippen LogP contribution < -0.4 is 55.7 Å². The maximum Gasteiger partial charge on any atom is 0.274 e. The highest BCUT2D eigenvalue weighted by atomic mass is 35.5. The number of benzene rings is 2. The standard InChI is InChI=1S/C37H51Cl2N13O4S2/c38-23-18-25(49-30(53)8-1-4-10-40)32(57-15-13-47-36(42)43)27(20-23)51-34(55)22-7-3-6-12-46-29(17-22)35(56)52-28-21-24(39)19-26(50-31(54)9-2-5-11-41)33(28)58-16-14-48-37(44)45/h7,12,17-21H,1-6,8-11,13-16,40-41H2,(H,49,53)(H,50,54)(H,51,55)(H,52,56)(H4,42,43,47)(H4,44,45,48). The molecule has 0 aromatic heterocycles. The summed E-state index contributed by atoms with van der Waals surface area (Å²) < 4.78 is 0. The van der Waals surface area contributed by atoms with Crippen molar-refractivity contribution in [1.29, 1.82) is 0 Å². The number of amides is 4. The average Bonchev–Trinajstić information content (AvgIpc) is 3.13. The van der Waals surface area contributed by atoms with Crippen LogP contribution in [0.25, 0.3) is 0 Å². The number of carbonyl (C=O) groups is 4. The Balaban J connectivity index is 1.95. The van der Waals surface area contributed by atoms with Crippen LogP contribution in [0, 0.1) is 0 Å². The van der Waals surface area contributed by atoms with Gasteiger partial charge in [-0.1, -0.05) is 29.3 Å². The van der Waals surface area contributed by atoms with Crippen LogP contribution in [0.5, 0.6) is 0 Å². The number of guanidine groups is 2. The van der Waals surface area contributed by atoms with Gasteiger partial charge in [-0.2, -0.15) is 0 Å². The number of carbonyl (C=O) groups excluding carboxylic acids is 4. The first-order valence-corrected chi connectivity index (χ1v) is 21.1. The Labute approximate surface area is 356 Å². The largest absolute Gasteiger partial charge is 0.370 e. The molecule has 4 amide bonds. The van der Waals surface area contributed by atoms with Gasteiger partial charge in [-0.15, -0.1) is 23.5 Å². The molecule has 0 aliphatic carbocycles. The number of allylic oxidation sites excluding steroid dienone is 1. The Kier molecular flexibility index (Phi) is 21.0. The summed E-state index contributed by atoms with van der Waals surface area (Å²) in [5, 5.41) is 12.0. The van der Waals surface area contributed by atoms with Crippen molar-refractivity contribution in [3.63, 3.8) is 0 Å². The van der Waals surface area contributed by atoms with Crippen LogP contribution in [-0.2, 0) is 19.2 Å². The van der Waals surface area contributed by atoms with Crippen LogP contribution in [-0.4, -0.2) is 79.4 Å². The predicted octanol–water partition coefficient (Wildman–Crippen LogP) is 4.11. The van der Waals surface area contributed by atoms with Gasteiger partial charge in [0.15, 0.2) is 11.9 Å². The zero-order valence-corrected chi connectivity index (χ0v) is 35.1. The Morgan fingerprint density at radius 2 is 1.10 bits per heavy atom. The van der Waals surface area contributed by atoms with Gasteiger partial charge in [0.25, 0.3) is 11.8 Å². The van der Waals surface area contributed by atoms with E-state index in [4.69, 9.17) is 57.6 Å². The Morgan fingerprint density at radius 1 is 0.655 bits per heavy atom. The molecule has 1 heterocycles. The maximum absolute atomic E-state index is 14.0. The molecule has 58 heavy (non-hydrogen) atoms. The average molecular weight is 877 g/mol. The third-order valence-corrected chi connectivity index (χ3v) is 10.5. The van der Waals surface area contributed by atoms with Crippen molar-refractivity contribution in [2.24, 2.45) is 49.4 Å². The summed E-state index contributed by atoms with van der Waals surface area (Å²) in [4.78, 5) is 67.0. The highest BCUT2D eigenvalue weighted by molar-refractivity contribution is 7.99. The first kappa shape index (κ1) is 47.6. The highest BCUT2D eigenvalue weighted by Crippen LogP contribution is 2.39. The van der Waals surface area contributed by atoms with Crippen molar-refractivity contribution < 1.29 is 19.2 Å². The van der Waals surface area contributed by atoms with Gasteiger partial charge in [0, 0.05) is 46.2 Å². The zero-order valence-electron chi connectivity index (χ0n) is 32.0. The molecule has 21 heteroatoms. The number of anilines is 4. The second-order valence-electron chi connectivity index (χ2n) is 12.5. The summed E-state index contributed by atoms with van der Waals surface area (Å²) in [7, 11) is 0. The summed E-state index contributed by atoms with van der Waals surface area (Å²) in [5.74, 6) is -1.06. The van der Waals surface area contributed by atoms with E-state index in [0.29, 0.717) is 90.0 Å². The second kappa shape index (κ2) is 25.5. The minimum absolute atomic E-state index is 0.0707. The lowest BCUT2D eigenvalue weighted by atomic mass is 10.1. The van der Waals surface area contributed by atoms with Gasteiger partial charge in [0.05, 0.1) is 45.6 Å².